The predicted molar refractivity (Wildman–Crippen MR) is 91.2 cm³/mol. The van der Waals surface area contributed by atoms with Crippen LogP contribution < -0.4 is 19.5 Å². The van der Waals surface area contributed by atoms with Crippen LogP contribution in [0.3, 0.4) is 0 Å². The summed E-state index contributed by atoms with van der Waals surface area (Å²) in [5.41, 5.74) is 1.70. The molecule has 2 aromatic rings. The molecule has 0 bridgehead atoms. The minimum atomic E-state index is -0.201. The van der Waals surface area contributed by atoms with Gasteiger partial charge >= 0.3 is 0 Å². The predicted octanol–water partition coefficient (Wildman–Crippen LogP) is 2.44. The zero-order valence-corrected chi connectivity index (χ0v) is 13.9. The van der Waals surface area contributed by atoms with Crippen molar-refractivity contribution in [1.82, 2.24) is 10.3 Å². The molecule has 0 aliphatic carbocycles. The van der Waals surface area contributed by atoms with Crippen LogP contribution in [-0.4, -0.2) is 32.2 Å². The van der Waals surface area contributed by atoms with E-state index < -0.39 is 0 Å². The van der Waals surface area contributed by atoms with Crippen molar-refractivity contribution in [3.8, 4) is 17.2 Å². The van der Waals surface area contributed by atoms with Gasteiger partial charge in [0, 0.05) is 25.0 Å². The minimum absolute atomic E-state index is 0.201. The Balaban J connectivity index is 2.06. The molecule has 6 heteroatoms. The first-order valence-corrected chi connectivity index (χ1v) is 7.32. The van der Waals surface area contributed by atoms with Crippen LogP contribution in [0.5, 0.6) is 17.2 Å². The van der Waals surface area contributed by atoms with Gasteiger partial charge in [-0.2, -0.15) is 0 Å². The average molecular weight is 328 g/mol. The number of methoxy groups -OCH3 is 3. The Morgan fingerprint density at radius 3 is 2.42 bits per heavy atom. The molecule has 0 radical (unpaired) electrons. The number of ether oxygens (including phenoxy) is 3. The molecule has 1 heterocycles. The molecule has 0 fully saturated rings. The number of nitrogens with one attached hydrogen (secondary N) is 1. The van der Waals surface area contributed by atoms with E-state index in [0.29, 0.717) is 23.8 Å². The molecule has 0 aliphatic rings. The van der Waals surface area contributed by atoms with Gasteiger partial charge in [0.15, 0.2) is 11.5 Å². The summed E-state index contributed by atoms with van der Waals surface area (Å²) in [4.78, 5) is 15.9. The number of benzene rings is 1. The molecule has 0 saturated heterocycles. The molecule has 1 amide bonds. The third-order valence-corrected chi connectivity index (χ3v) is 3.30. The summed E-state index contributed by atoms with van der Waals surface area (Å²) < 4.78 is 15.8. The lowest BCUT2D eigenvalue weighted by Gasteiger charge is -2.12. The fraction of sp³-hybridized carbons (Fsp3) is 0.222. The van der Waals surface area contributed by atoms with Crippen LogP contribution in [0.2, 0.25) is 0 Å². The maximum Gasteiger partial charge on any atom is 0.244 e. The summed E-state index contributed by atoms with van der Waals surface area (Å²) in [5, 5.41) is 2.80. The Labute approximate surface area is 141 Å². The first-order valence-electron chi connectivity index (χ1n) is 7.32. The van der Waals surface area contributed by atoms with Crippen molar-refractivity contribution >= 4 is 12.0 Å². The summed E-state index contributed by atoms with van der Waals surface area (Å²) in [5.74, 6) is 1.38. The number of carbonyl (C=O) groups excluding carboxylic acids is 1. The number of nitrogens with zero attached hydrogens (tertiary/aromatic N) is 1. The van der Waals surface area contributed by atoms with Crippen molar-refractivity contribution in [2.45, 2.75) is 6.54 Å². The number of pyridine rings is 1. The first-order chi connectivity index (χ1) is 11.7. The van der Waals surface area contributed by atoms with Crippen LogP contribution in [-0.2, 0) is 11.3 Å². The number of aromatic nitrogens is 1. The fourth-order valence-corrected chi connectivity index (χ4v) is 2.12. The van der Waals surface area contributed by atoms with Crippen LogP contribution in [0.4, 0.5) is 0 Å². The monoisotopic (exact) mass is 328 g/mol. The maximum absolute atomic E-state index is 11.9. The second-order valence-corrected chi connectivity index (χ2v) is 4.87. The topological polar surface area (TPSA) is 69.7 Å². The van der Waals surface area contributed by atoms with E-state index in [1.807, 2.05) is 12.1 Å². The summed E-state index contributed by atoms with van der Waals surface area (Å²) in [6, 6.07) is 7.27. The summed E-state index contributed by atoms with van der Waals surface area (Å²) in [6.07, 6.45) is 6.54. The second-order valence-electron chi connectivity index (χ2n) is 4.87. The van der Waals surface area contributed by atoms with E-state index in [2.05, 4.69) is 10.3 Å². The normalized spacial score (nSPS) is 10.5. The molecule has 24 heavy (non-hydrogen) atoms. The van der Waals surface area contributed by atoms with E-state index in [4.69, 9.17) is 14.2 Å². The van der Waals surface area contributed by atoms with Crippen molar-refractivity contribution in [3.63, 3.8) is 0 Å². The third-order valence-electron chi connectivity index (χ3n) is 3.30. The molecule has 1 aromatic carbocycles. The van der Waals surface area contributed by atoms with E-state index in [-0.39, 0.29) is 5.91 Å². The van der Waals surface area contributed by atoms with Gasteiger partial charge in [0.1, 0.15) is 0 Å². The van der Waals surface area contributed by atoms with Crippen LogP contribution >= 0.6 is 0 Å². The Bertz CT molecular complexity index is 689. The van der Waals surface area contributed by atoms with Gasteiger partial charge < -0.3 is 19.5 Å². The lowest BCUT2D eigenvalue weighted by molar-refractivity contribution is -0.116. The molecule has 2 rings (SSSR count). The van der Waals surface area contributed by atoms with E-state index in [1.54, 1.807) is 51.9 Å². The molecule has 0 atom stereocenters. The fourth-order valence-electron chi connectivity index (χ4n) is 2.12. The quantitative estimate of drug-likeness (QED) is 0.791. The Morgan fingerprint density at radius 2 is 1.88 bits per heavy atom. The van der Waals surface area contributed by atoms with Gasteiger partial charge in [-0.1, -0.05) is 6.07 Å². The highest BCUT2D eigenvalue weighted by molar-refractivity contribution is 5.91. The van der Waals surface area contributed by atoms with Gasteiger partial charge in [-0.15, -0.1) is 0 Å². The third kappa shape index (κ3) is 4.49. The highest BCUT2D eigenvalue weighted by Gasteiger charge is 2.12. The van der Waals surface area contributed by atoms with Crippen LogP contribution in [0, 0.1) is 0 Å². The van der Waals surface area contributed by atoms with Crippen molar-refractivity contribution in [2.75, 3.05) is 21.3 Å². The van der Waals surface area contributed by atoms with Crippen LogP contribution in [0.1, 0.15) is 11.1 Å². The molecular formula is C18H20N2O4. The SMILES string of the molecule is COc1cc(C=CC(=O)NCc2cccnc2)cc(OC)c1OC. The van der Waals surface area contributed by atoms with Crippen molar-refractivity contribution in [3.05, 3.63) is 53.9 Å². The van der Waals surface area contributed by atoms with Gasteiger partial charge in [0.2, 0.25) is 11.7 Å². The van der Waals surface area contributed by atoms with Crippen molar-refractivity contribution in [2.24, 2.45) is 0 Å². The smallest absolute Gasteiger partial charge is 0.244 e. The maximum atomic E-state index is 11.9. The number of carbonyl (C=O) groups is 1. The number of hydrogen-bond donors (Lipinski definition) is 1. The number of amides is 1. The number of hydrogen-bond acceptors (Lipinski definition) is 5. The molecule has 0 aliphatic heterocycles. The molecule has 6 nitrogen and oxygen atoms in total. The molecule has 0 unspecified atom stereocenters. The Kier molecular flexibility index (Phi) is 6.19. The van der Waals surface area contributed by atoms with Crippen molar-refractivity contribution in [1.29, 1.82) is 0 Å². The first kappa shape index (κ1) is 17.3. The highest BCUT2D eigenvalue weighted by Crippen LogP contribution is 2.38. The molecule has 0 spiro atoms. The molecule has 126 valence electrons. The van der Waals surface area contributed by atoms with Gasteiger partial charge in [-0.3, -0.25) is 9.78 Å². The van der Waals surface area contributed by atoms with Crippen LogP contribution in [0.15, 0.2) is 42.7 Å². The van der Waals surface area contributed by atoms with E-state index in [9.17, 15) is 4.79 Å². The second kappa shape index (κ2) is 8.57. The zero-order valence-electron chi connectivity index (χ0n) is 13.9. The highest BCUT2D eigenvalue weighted by atomic mass is 16.5. The molecular weight excluding hydrogens is 308 g/mol. The Morgan fingerprint density at radius 1 is 1.17 bits per heavy atom. The molecule has 1 N–H and O–H groups in total. The summed E-state index contributed by atoms with van der Waals surface area (Å²) >= 11 is 0. The molecule has 0 saturated carbocycles. The summed E-state index contributed by atoms with van der Waals surface area (Å²) in [6.45, 7) is 0.423. The van der Waals surface area contributed by atoms with E-state index in [1.165, 1.54) is 6.08 Å². The van der Waals surface area contributed by atoms with Gasteiger partial charge in [-0.25, -0.2) is 0 Å². The minimum Gasteiger partial charge on any atom is -0.493 e. The average Bonchev–Trinajstić information content (AvgIpc) is 2.64. The lowest BCUT2D eigenvalue weighted by Crippen LogP contribution is -2.20. The van der Waals surface area contributed by atoms with E-state index >= 15 is 0 Å². The van der Waals surface area contributed by atoms with Crippen LogP contribution in [0.25, 0.3) is 6.08 Å². The van der Waals surface area contributed by atoms with Gasteiger partial charge in [-0.05, 0) is 35.4 Å². The lowest BCUT2D eigenvalue weighted by atomic mass is 10.1. The molecule has 1 aromatic heterocycles. The van der Waals surface area contributed by atoms with Gasteiger partial charge in [0.05, 0.1) is 21.3 Å². The number of rotatable bonds is 7. The van der Waals surface area contributed by atoms with E-state index in [0.717, 1.165) is 11.1 Å². The summed E-state index contributed by atoms with van der Waals surface area (Å²) in [7, 11) is 4.64. The van der Waals surface area contributed by atoms with Gasteiger partial charge in [0.25, 0.3) is 0 Å². The van der Waals surface area contributed by atoms with Crippen molar-refractivity contribution < 1.29 is 19.0 Å². The Hall–Kier alpha value is -3.02. The standard InChI is InChI=1S/C18H20N2O4/c1-22-15-9-13(10-16(23-2)18(15)24-3)6-7-17(21)20-12-14-5-4-8-19-11-14/h4-11H,12H2,1-3H3,(H,20,21). The zero-order chi connectivity index (χ0) is 17.4. The largest absolute Gasteiger partial charge is 0.493 e.